The molecule has 1 amide bonds. The SMILES string of the molecule is Cc1cc(C)c(Oc2nc(-c3cn[nH]c3C(F)(F)F)ccc2C(=O)NS(=O)(=O)c2cccc(N)n2)c(C)c1.[HH].[HH]. The number of hydrogen-bond donors (Lipinski definition) is 3. The summed E-state index contributed by atoms with van der Waals surface area (Å²) >= 11 is 0. The maximum absolute atomic E-state index is 13.5. The summed E-state index contributed by atoms with van der Waals surface area (Å²) in [7, 11) is -4.46. The molecule has 0 radical (unpaired) electrons. The highest BCUT2D eigenvalue weighted by atomic mass is 32.2. The molecule has 14 heteroatoms. The number of nitrogens with zero attached hydrogens (tertiary/aromatic N) is 3. The van der Waals surface area contributed by atoms with Gasteiger partial charge in [-0.15, -0.1) is 0 Å². The van der Waals surface area contributed by atoms with Gasteiger partial charge in [0.1, 0.15) is 22.8 Å². The number of ether oxygens (including phenoxy) is 1. The summed E-state index contributed by atoms with van der Waals surface area (Å²) in [5, 5.41) is 4.86. The minimum absolute atomic E-state index is 0. The monoisotopic (exact) mass is 550 g/mol. The Bertz CT molecular complexity index is 1640. The van der Waals surface area contributed by atoms with Gasteiger partial charge in [-0.25, -0.2) is 14.7 Å². The molecule has 0 fully saturated rings. The first-order chi connectivity index (χ1) is 17.8. The molecule has 0 aliphatic rings. The third-order valence-corrected chi connectivity index (χ3v) is 6.59. The van der Waals surface area contributed by atoms with Gasteiger partial charge in [0.05, 0.1) is 17.5 Å². The number of H-pyrrole nitrogens is 1. The molecule has 0 aliphatic carbocycles. The zero-order valence-corrected chi connectivity index (χ0v) is 21.0. The van der Waals surface area contributed by atoms with Crippen LogP contribution in [0.3, 0.4) is 0 Å². The maximum Gasteiger partial charge on any atom is 0.433 e. The van der Waals surface area contributed by atoms with Gasteiger partial charge < -0.3 is 10.5 Å². The van der Waals surface area contributed by atoms with Crippen LogP contribution in [0, 0.1) is 20.8 Å². The number of hydrogen-bond acceptors (Lipinski definition) is 8. The number of alkyl halides is 3. The number of carbonyl (C=O) groups excluding carboxylic acids is 1. The van der Waals surface area contributed by atoms with E-state index >= 15 is 0 Å². The van der Waals surface area contributed by atoms with Crippen molar-refractivity contribution in [2.24, 2.45) is 0 Å². The molecule has 0 aliphatic heterocycles. The molecular weight excluding hydrogens is 525 g/mol. The number of nitrogen functional groups attached to an aromatic ring is 1. The molecule has 38 heavy (non-hydrogen) atoms. The van der Waals surface area contributed by atoms with Crippen LogP contribution in [0.15, 0.2) is 53.7 Å². The van der Waals surface area contributed by atoms with Crippen LogP contribution in [0.4, 0.5) is 19.0 Å². The molecule has 0 bridgehead atoms. The number of nitrogens with one attached hydrogen (secondary N) is 2. The third kappa shape index (κ3) is 5.44. The van der Waals surface area contributed by atoms with E-state index < -0.39 is 38.7 Å². The zero-order valence-electron chi connectivity index (χ0n) is 20.2. The Balaban J connectivity index is 0.00000280. The quantitative estimate of drug-likeness (QED) is 0.310. The van der Waals surface area contributed by atoms with Gasteiger partial charge in [-0.3, -0.25) is 9.89 Å². The Morgan fingerprint density at radius 1 is 1.08 bits per heavy atom. The Morgan fingerprint density at radius 2 is 1.76 bits per heavy atom. The van der Waals surface area contributed by atoms with Crippen molar-refractivity contribution in [3.8, 4) is 22.9 Å². The number of rotatable bonds is 6. The van der Waals surface area contributed by atoms with Gasteiger partial charge in [-0.05, 0) is 56.2 Å². The molecule has 0 saturated carbocycles. The Morgan fingerprint density at radius 3 is 2.39 bits per heavy atom. The summed E-state index contributed by atoms with van der Waals surface area (Å²) in [4.78, 5) is 21.0. The smallest absolute Gasteiger partial charge is 0.433 e. The van der Waals surface area contributed by atoms with Gasteiger partial charge in [-0.1, -0.05) is 23.8 Å². The Labute approximate surface area is 218 Å². The molecule has 4 N–H and O–H groups in total. The number of sulfonamides is 1. The van der Waals surface area contributed by atoms with E-state index in [4.69, 9.17) is 10.5 Å². The maximum atomic E-state index is 13.5. The lowest BCUT2D eigenvalue weighted by atomic mass is 10.1. The van der Waals surface area contributed by atoms with Crippen LogP contribution in [0.1, 0.15) is 35.6 Å². The highest BCUT2D eigenvalue weighted by Gasteiger charge is 2.36. The van der Waals surface area contributed by atoms with Gasteiger partial charge in [0, 0.05) is 2.85 Å². The third-order valence-electron chi connectivity index (χ3n) is 5.35. The van der Waals surface area contributed by atoms with Crippen molar-refractivity contribution in [3.63, 3.8) is 0 Å². The number of aromatic nitrogens is 4. The summed E-state index contributed by atoms with van der Waals surface area (Å²) in [5.74, 6) is -1.34. The van der Waals surface area contributed by atoms with E-state index in [-0.39, 0.29) is 25.5 Å². The topological polar surface area (TPSA) is 153 Å². The molecule has 10 nitrogen and oxygen atoms in total. The number of aromatic amines is 1. The molecule has 0 unspecified atom stereocenters. The number of nitrogens with two attached hydrogens (primary N) is 1. The second-order valence-electron chi connectivity index (χ2n) is 8.37. The second kappa shape index (κ2) is 9.78. The van der Waals surface area contributed by atoms with Crippen molar-refractivity contribution in [3.05, 3.63) is 76.6 Å². The first-order valence-electron chi connectivity index (χ1n) is 10.9. The Kier molecular flexibility index (Phi) is 6.84. The van der Waals surface area contributed by atoms with Gasteiger partial charge >= 0.3 is 6.18 Å². The molecule has 4 aromatic rings. The molecule has 0 saturated heterocycles. The summed E-state index contributed by atoms with van der Waals surface area (Å²) in [5.41, 5.74) is 5.71. The lowest BCUT2D eigenvalue weighted by molar-refractivity contribution is -0.140. The molecule has 4 rings (SSSR count). The first-order valence-corrected chi connectivity index (χ1v) is 12.4. The van der Waals surface area contributed by atoms with Crippen LogP contribution in [0.2, 0.25) is 0 Å². The fourth-order valence-electron chi connectivity index (χ4n) is 3.77. The number of benzene rings is 1. The van der Waals surface area contributed by atoms with Crippen molar-refractivity contribution in [1.29, 1.82) is 0 Å². The fraction of sp³-hybridized carbons (Fsp3) is 0.167. The van der Waals surface area contributed by atoms with Gasteiger partial charge in [0.2, 0.25) is 5.88 Å². The number of aryl methyl sites for hydroxylation is 3. The standard InChI is InChI=1S/C24H21F3N6O4S.2H2/c1-12-9-13(2)20(14(3)10-12)37-23-15(22(34)33-38(35,36)19-6-4-5-18(28)31-19)7-8-17(30-23)16-11-29-32-21(16)24(25,26)27;;/h4-11H,1-3H3,(H2,28,31)(H,29,32)(H,33,34);2*1H. The first kappa shape index (κ1) is 26.6. The molecule has 202 valence electrons. The van der Waals surface area contributed by atoms with E-state index in [9.17, 15) is 26.4 Å². The highest BCUT2D eigenvalue weighted by Crippen LogP contribution is 2.37. The number of anilines is 1. The molecule has 3 heterocycles. The van der Waals surface area contributed by atoms with Crippen LogP contribution in [-0.4, -0.2) is 34.5 Å². The van der Waals surface area contributed by atoms with E-state index in [2.05, 4.69) is 15.1 Å². The lowest BCUT2D eigenvalue weighted by Gasteiger charge is -2.16. The summed E-state index contributed by atoms with van der Waals surface area (Å²) < 4.78 is 73.7. The van der Waals surface area contributed by atoms with Crippen LogP contribution in [-0.2, 0) is 16.2 Å². The summed E-state index contributed by atoms with van der Waals surface area (Å²) in [6, 6.07) is 9.70. The molecule has 0 atom stereocenters. The normalized spacial score (nSPS) is 11.8. The molecule has 3 aromatic heterocycles. The number of amides is 1. The van der Waals surface area contributed by atoms with E-state index in [0.29, 0.717) is 16.9 Å². The fourth-order valence-corrected chi connectivity index (χ4v) is 4.71. The van der Waals surface area contributed by atoms with Gasteiger partial charge in [-0.2, -0.15) is 26.7 Å². The molecule has 0 spiro atoms. The minimum Gasteiger partial charge on any atom is -0.438 e. The number of pyridine rings is 2. The number of carbonyl (C=O) groups is 1. The van der Waals surface area contributed by atoms with Crippen LogP contribution >= 0.6 is 0 Å². The van der Waals surface area contributed by atoms with Crippen LogP contribution in [0.25, 0.3) is 11.3 Å². The molecule has 1 aromatic carbocycles. The molecular formula is C24H25F3N6O4S. The highest BCUT2D eigenvalue weighted by molar-refractivity contribution is 7.90. The van der Waals surface area contributed by atoms with Crippen molar-refractivity contribution < 1.29 is 34.0 Å². The van der Waals surface area contributed by atoms with Crippen molar-refractivity contribution in [2.75, 3.05) is 5.73 Å². The van der Waals surface area contributed by atoms with Gasteiger partial charge in [0.15, 0.2) is 5.03 Å². The van der Waals surface area contributed by atoms with E-state index in [1.54, 1.807) is 26.0 Å². The summed E-state index contributed by atoms with van der Waals surface area (Å²) in [6.45, 7) is 5.35. The van der Waals surface area contributed by atoms with Crippen LogP contribution < -0.4 is 15.2 Å². The largest absolute Gasteiger partial charge is 0.438 e. The van der Waals surface area contributed by atoms with E-state index in [1.165, 1.54) is 12.1 Å². The predicted molar refractivity (Wildman–Crippen MR) is 135 cm³/mol. The summed E-state index contributed by atoms with van der Waals surface area (Å²) in [6.07, 6.45) is -3.82. The van der Waals surface area contributed by atoms with Gasteiger partial charge in [0.25, 0.3) is 15.9 Å². The van der Waals surface area contributed by atoms with Crippen LogP contribution in [0.5, 0.6) is 11.6 Å². The van der Waals surface area contributed by atoms with E-state index in [0.717, 1.165) is 30.0 Å². The number of halogens is 3. The van der Waals surface area contributed by atoms with E-state index in [1.807, 2.05) is 16.7 Å². The predicted octanol–water partition coefficient (Wildman–Crippen LogP) is 4.80. The zero-order chi connectivity index (χ0) is 27.8. The lowest BCUT2D eigenvalue weighted by Crippen LogP contribution is -2.31. The second-order valence-corrected chi connectivity index (χ2v) is 10.0. The van der Waals surface area contributed by atoms with Crippen molar-refractivity contribution in [1.82, 2.24) is 24.9 Å². The van der Waals surface area contributed by atoms with Crippen molar-refractivity contribution >= 4 is 21.7 Å². The Hall–Kier alpha value is -4.46. The van der Waals surface area contributed by atoms with Crippen molar-refractivity contribution in [2.45, 2.75) is 32.0 Å². The average Bonchev–Trinajstić information content (AvgIpc) is 3.32. The minimum atomic E-state index is -4.76. The average molecular weight is 551 g/mol.